The highest BCUT2D eigenvalue weighted by Crippen LogP contribution is 2.49. The Balaban J connectivity index is 1.29. The number of nitro groups is 1. The number of carbonyl (C=O) groups excluding carboxylic acids is 1. The lowest BCUT2D eigenvalue weighted by Crippen LogP contribution is -2.49. The van der Waals surface area contributed by atoms with E-state index < -0.39 is 0 Å². The molecule has 4 rings (SSSR count). The highest BCUT2D eigenvalue weighted by atomic mass is 16.6. The molecule has 0 spiro atoms. The molecular weight excluding hydrogens is 318 g/mol. The summed E-state index contributed by atoms with van der Waals surface area (Å²) in [6.45, 7) is 3.08. The highest BCUT2D eigenvalue weighted by Gasteiger charge is 2.40. The molecule has 25 heavy (non-hydrogen) atoms. The van der Waals surface area contributed by atoms with Crippen molar-refractivity contribution in [2.75, 3.05) is 31.1 Å². The minimum atomic E-state index is -0.379. The van der Waals surface area contributed by atoms with Gasteiger partial charge in [-0.1, -0.05) is 6.42 Å². The topological polar surface area (TPSA) is 66.7 Å². The minimum absolute atomic E-state index is 0.114. The molecule has 6 nitrogen and oxygen atoms in total. The molecule has 3 aliphatic rings. The molecule has 2 aliphatic carbocycles. The molecule has 1 aliphatic heterocycles. The van der Waals surface area contributed by atoms with E-state index in [0.29, 0.717) is 11.8 Å². The normalized spacial score (nSPS) is 28.4. The molecular formula is C19H25N3O3. The van der Waals surface area contributed by atoms with Gasteiger partial charge in [-0.15, -0.1) is 0 Å². The number of anilines is 1. The van der Waals surface area contributed by atoms with Gasteiger partial charge in [-0.3, -0.25) is 14.9 Å². The second kappa shape index (κ2) is 6.65. The predicted molar refractivity (Wildman–Crippen MR) is 95.4 cm³/mol. The van der Waals surface area contributed by atoms with Gasteiger partial charge in [0.05, 0.1) is 4.92 Å². The van der Waals surface area contributed by atoms with Gasteiger partial charge < -0.3 is 9.80 Å². The lowest BCUT2D eigenvalue weighted by atomic mass is 9.86. The first kappa shape index (κ1) is 16.4. The molecule has 6 heteroatoms. The van der Waals surface area contributed by atoms with Crippen LogP contribution >= 0.6 is 0 Å². The molecule has 3 atom stereocenters. The predicted octanol–water partition coefficient (Wildman–Crippen LogP) is 3.07. The highest BCUT2D eigenvalue weighted by molar-refractivity contribution is 5.77. The van der Waals surface area contributed by atoms with Crippen LogP contribution in [0.3, 0.4) is 0 Å². The molecule has 1 amide bonds. The molecule has 2 bridgehead atoms. The van der Waals surface area contributed by atoms with Crippen molar-refractivity contribution in [3.05, 3.63) is 34.4 Å². The molecule has 1 heterocycles. The summed E-state index contributed by atoms with van der Waals surface area (Å²) in [6, 6.07) is 6.68. The number of fused-ring (bicyclic) bond motifs is 2. The van der Waals surface area contributed by atoms with Crippen LogP contribution in [0.5, 0.6) is 0 Å². The zero-order valence-corrected chi connectivity index (χ0v) is 14.5. The maximum absolute atomic E-state index is 12.6. The van der Waals surface area contributed by atoms with Crippen LogP contribution in [0.4, 0.5) is 11.4 Å². The average molecular weight is 343 g/mol. The van der Waals surface area contributed by atoms with Gasteiger partial charge in [-0.05, 0) is 49.1 Å². The average Bonchev–Trinajstić information content (AvgIpc) is 3.25. The Labute approximate surface area is 147 Å². The quantitative estimate of drug-likeness (QED) is 0.622. The number of hydrogen-bond donors (Lipinski definition) is 0. The molecule has 1 aromatic rings. The van der Waals surface area contributed by atoms with E-state index in [2.05, 4.69) is 4.90 Å². The second-order valence-corrected chi connectivity index (χ2v) is 7.78. The summed E-state index contributed by atoms with van der Waals surface area (Å²) >= 11 is 0. The van der Waals surface area contributed by atoms with Crippen molar-refractivity contribution in [1.29, 1.82) is 0 Å². The Morgan fingerprint density at radius 3 is 2.36 bits per heavy atom. The fourth-order valence-corrected chi connectivity index (χ4v) is 4.98. The maximum Gasteiger partial charge on any atom is 0.269 e. The van der Waals surface area contributed by atoms with Gasteiger partial charge in [0.2, 0.25) is 5.91 Å². The van der Waals surface area contributed by atoms with Crippen LogP contribution in [0.25, 0.3) is 0 Å². The molecule has 2 saturated carbocycles. The van der Waals surface area contributed by atoms with E-state index >= 15 is 0 Å². The maximum atomic E-state index is 12.6. The fourth-order valence-electron chi connectivity index (χ4n) is 4.98. The molecule has 3 fully saturated rings. The summed E-state index contributed by atoms with van der Waals surface area (Å²) in [5.41, 5.74) is 1.11. The van der Waals surface area contributed by atoms with Crippen LogP contribution in [0, 0.1) is 27.9 Å². The van der Waals surface area contributed by atoms with Gasteiger partial charge in [0.15, 0.2) is 0 Å². The second-order valence-electron chi connectivity index (χ2n) is 7.78. The van der Waals surface area contributed by atoms with Crippen molar-refractivity contribution in [1.82, 2.24) is 4.90 Å². The third kappa shape index (κ3) is 3.34. The standard InChI is InChI=1S/C19H25N3O3/c23-19(13-16-12-14-1-2-15(16)11-14)21-9-7-20(8-10-21)17-3-5-18(6-4-17)22(24)25/h3-6,14-16H,1-2,7-13H2/t14-,15-,16-/m1/s1. The van der Waals surface area contributed by atoms with Crippen molar-refractivity contribution >= 4 is 17.3 Å². The Morgan fingerprint density at radius 2 is 1.80 bits per heavy atom. The number of piperazine rings is 1. The van der Waals surface area contributed by atoms with Crippen LogP contribution in [0.15, 0.2) is 24.3 Å². The largest absolute Gasteiger partial charge is 0.368 e. The lowest BCUT2D eigenvalue weighted by molar-refractivity contribution is -0.384. The summed E-state index contributed by atoms with van der Waals surface area (Å²) in [5, 5.41) is 10.7. The molecule has 0 unspecified atom stereocenters. The number of amides is 1. The number of non-ortho nitro benzene ring substituents is 1. The van der Waals surface area contributed by atoms with Crippen LogP contribution < -0.4 is 4.90 Å². The van der Waals surface area contributed by atoms with Crippen LogP contribution in [0.2, 0.25) is 0 Å². The van der Waals surface area contributed by atoms with Gasteiger partial charge in [-0.2, -0.15) is 0 Å². The first-order chi connectivity index (χ1) is 12.1. The summed E-state index contributed by atoms with van der Waals surface area (Å²) in [5.74, 6) is 2.64. The lowest BCUT2D eigenvalue weighted by Gasteiger charge is -2.37. The molecule has 0 aromatic heterocycles. The van der Waals surface area contributed by atoms with Crippen LogP contribution in [-0.4, -0.2) is 41.9 Å². The van der Waals surface area contributed by atoms with Crippen LogP contribution in [-0.2, 0) is 4.79 Å². The van der Waals surface area contributed by atoms with Gasteiger partial charge in [0, 0.05) is 50.4 Å². The van der Waals surface area contributed by atoms with Crippen molar-refractivity contribution < 1.29 is 9.72 Å². The fraction of sp³-hybridized carbons (Fsp3) is 0.632. The van der Waals surface area contributed by atoms with Crippen LogP contribution in [0.1, 0.15) is 32.1 Å². The van der Waals surface area contributed by atoms with E-state index in [9.17, 15) is 14.9 Å². The Bertz CT molecular complexity index is 652. The van der Waals surface area contributed by atoms with E-state index in [0.717, 1.165) is 50.1 Å². The summed E-state index contributed by atoms with van der Waals surface area (Å²) < 4.78 is 0. The van der Waals surface area contributed by atoms with Crippen molar-refractivity contribution in [3.8, 4) is 0 Å². The zero-order valence-electron chi connectivity index (χ0n) is 14.5. The van der Waals surface area contributed by atoms with Gasteiger partial charge >= 0.3 is 0 Å². The van der Waals surface area contributed by atoms with E-state index in [1.54, 1.807) is 24.3 Å². The first-order valence-corrected chi connectivity index (χ1v) is 9.37. The SMILES string of the molecule is O=C(C[C@H]1C[C@@H]2CC[C@@H]1C2)N1CCN(c2ccc([N+](=O)[O-])cc2)CC1. The summed E-state index contributed by atoms with van der Waals surface area (Å²) in [6.07, 6.45) is 6.06. The molecule has 134 valence electrons. The zero-order chi connectivity index (χ0) is 17.4. The van der Waals surface area contributed by atoms with Gasteiger partial charge in [0.25, 0.3) is 5.69 Å². The van der Waals surface area contributed by atoms with E-state index in [1.165, 1.54) is 25.7 Å². The number of nitro benzene ring substituents is 1. The Kier molecular flexibility index (Phi) is 4.36. The monoisotopic (exact) mass is 343 g/mol. The molecule has 1 aromatic carbocycles. The number of hydrogen-bond acceptors (Lipinski definition) is 4. The summed E-state index contributed by atoms with van der Waals surface area (Å²) in [4.78, 5) is 27.2. The molecule has 1 saturated heterocycles. The first-order valence-electron chi connectivity index (χ1n) is 9.37. The Morgan fingerprint density at radius 1 is 1.08 bits per heavy atom. The van der Waals surface area contributed by atoms with E-state index in [4.69, 9.17) is 0 Å². The molecule has 0 N–H and O–H groups in total. The molecule has 0 radical (unpaired) electrons. The van der Waals surface area contributed by atoms with Crippen molar-refractivity contribution in [2.24, 2.45) is 17.8 Å². The third-order valence-electron chi connectivity index (χ3n) is 6.38. The third-order valence-corrected chi connectivity index (χ3v) is 6.38. The summed E-state index contributed by atoms with van der Waals surface area (Å²) in [7, 11) is 0. The number of carbonyl (C=O) groups is 1. The number of rotatable bonds is 4. The smallest absolute Gasteiger partial charge is 0.269 e. The van der Waals surface area contributed by atoms with Crippen molar-refractivity contribution in [2.45, 2.75) is 32.1 Å². The Hall–Kier alpha value is -2.11. The number of nitrogens with zero attached hydrogens (tertiary/aromatic N) is 3. The van der Waals surface area contributed by atoms with Gasteiger partial charge in [0.1, 0.15) is 0 Å². The van der Waals surface area contributed by atoms with Crippen molar-refractivity contribution in [3.63, 3.8) is 0 Å². The number of benzene rings is 1. The van der Waals surface area contributed by atoms with E-state index in [1.807, 2.05) is 4.90 Å². The minimum Gasteiger partial charge on any atom is -0.368 e. The van der Waals surface area contributed by atoms with E-state index in [-0.39, 0.29) is 10.6 Å². The van der Waals surface area contributed by atoms with Gasteiger partial charge in [-0.25, -0.2) is 0 Å².